The quantitative estimate of drug-likeness (QED) is 0.528. The number of rotatable bonds is 7. The van der Waals surface area contributed by atoms with Crippen LogP contribution in [0.15, 0.2) is 0 Å². The van der Waals surface area contributed by atoms with E-state index >= 15 is 0 Å². The minimum absolute atomic E-state index is 0.691. The maximum atomic E-state index is 4.23. The average molecular weight is 169 g/mol. The molecule has 0 bridgehead atoms. The lowest BCUT2D eigenvalue weighted by Gasteiger charge is -2.18. The van der Waals surface area contributed by atoms with Crippen LogP contribution in [0.2, 0.25) is 0 Å². The molecular formula is C12H25. The van der Waals surface area contributed by atoms with Crippen LogP contribution in [-0.2, 0) is 0 Å². The molecule has 12 heavy (non-hydrogen) atoms. The molecule has 0 aromatic heterocycles. The molecule has 0 saturated heterocycles. The summed E-state index contributed by atoms with van der Waals surface area (Å²) in [5, 5.41) is 0. The summed E-state index contributed by atoms with van der Waals surface area (Å²) in [7, 11) is 0. The molecule has 0 aliphatic heterocycles. The van der Waals surface area contributed by atoms with E-state index in [1.54, 1.807) is 0 Å². The van der Waals surface area contributed by atoms with E-state index in [2.05, 4.69) is 27.7 Å². The van der Waals surface area contributed by atoms with Crippen molar-refractivity contribution in [1.29, 1.82) is 0 Å². The third-order valence-corrected chi connectivity index (χ3v) is 2.75. The predicted octanol–water partition coefficient (Wildman–Crippen LogP) is 4.45. The fourth-order valence-corrected chi connectivity index (χ4v) is 1.51. The Kier molecular flexibility index (Phi) is 7.64. The first-order valence-electron chi connectivity index (χ1n) is 5.55. The molecule has 0 nitrogen and oxygen atoms in total. The molecule has 0 heteroatoms. The van der Waals surface area contributed by atoms with Crippen LogP contribution in [0.5, 0.6) is 0 Å². The van der Waals surface area contributed by atoms with Gasteiger partial charge < -0.3 is 0 Å². The second-order valence-electron chi connectivity index (χ2n) is 4.02. The van der Waals surface area contributed by atoms with Crippen molar-refractivity contribution in [2.75, 3.05) is 0 Å². The largest absolute Gasteiger partial charge is 0.0654 e. The summed E-state index contributed by atoms with van der Waals surface area (Å²) in [6.07, 6.45) is 8.05. The maximum absolute atomic E-state index is 4.23. The van der Waals surface area contributed by atoms with Gasteiger partial charge in [0.05, 0.1) is 0 Å². The normalized spacial score (nSPS) is 16.0. The molecule has 0 saturated carbocycles. The fraction of sp³-hybridized carbons (Fsp3) is 0.917. The monoisotopic (exact) mass is 169 g/mol. The molecule has 0 N–H and O–H groups in total. The Bertz CT molecular complexity index is 74.0. The van der Waals surface area contributed by atoms with Gasteiger partial charge in [-0.05, 0) is 18.8 Å². The van der Waals surface area contributed by atoms with E-state index in [1.165, 1.54) is 38.5 Å². The van der Waals surface area contributed by atoms with Gasteiger partial charge in [-0.1, -0.05) is 59.3 Å². The molecule has 2 atom stereocenters. The third kappa shape index (κ3) is 5.62. The first-order valence-corrected chi connectivity index (χ1v) is 5.55. The van der Waals surface area contributed by atoms with Gasteiger partial charge in [0, 0.05) is 0 Å². The van der Waals surface area contributed by atoms with Crippen LogP contribution >= 0.6 is 0 Å². The minimum atomic E-state index is 0.691. The molecule has 0 fully saturated rings. The zero-order valence-corrected chi connectivity index (χ0v) is 9.10. The van der Waals surface area contributed by atoms with Gasteiger partial charge >= 0.3 is 0 Å². The predicted molar refractivity (Wildman–Crippen MR) is 57.1 cm³/mol. The second-order valence-corrected chi connectivity index (χ2v) is 4.02. The third-order valence-electron chi connectivity index (χ3n) is 2.75. The standard InChI is InChI=1S/C12H25/c1-5-7-9-11(3)12(4)10-8-6-2/h11-12H,3,5-10H2,1-2,4H3. The minimum Gasteiger partial charge on any atom is -0.0654 e. The van der Waals surface area contributed by atoms with Crippen molar-refractivity contribution in [3.05, 3.63) is 6.92 Å². The molecule has 0 aliphatic rings. The zero-order chi connectivity index (χ0) is 9.40. The molecule has 73 valence electrons. The van der Waals surface area contributed by atoms with E-state index in [9.17, 15) is 0 Å². The molecule has 0 heterocycles. The summed E-state index contributed by atoms with van der Waals surface area (Å²) in [6, 6.07) is 0. The van der Waals surface area contributed by atoms with Crippen LogP contribution in [0, 0.1) is 18.8 Å². The SMILES string of the molecule is [CH2]C(CCCC)C(C)CCCC. The molecule has 0 aromatic rings. The van der Waals surface area contributed by atoms with Gasteiger partial charge in [0.2, 0.25) is 0 Å². The van der Waals surface area contributed by atoms with E-state index in [4.69, 9.17) is 0 Å². The zero-order valence-electron chi connectivity index (χ0n) is 9.10. The van der Waals surface area contributed by atoms with Gasteiger partial charge in [0.25, 0.3) is 0 Å². The number of hydrogen-bond acceptors (Lipinski definition) is 0. The highest BCUT2D eigenvalue weighted by Crippen LogP contribution is 2.22. The topological polar surface area (TPSA) is 0 Å². The van der Waals surface area contributed by atoms with Crippen LogP contribution in [0.3, 0.4) is 0 Å². The van der Waals surface area contributed by atoms with Crippen LogP contribution in [0.1, 0.15) is 59.3 Å². The van der Waals surface area contributed by atoms with E-state index in [1.807, 2.05) is 0 Å². The Hall–Kier alpha value is 0. The highest BCUT2D eigenvalue weighted by Gasteiger charge is 2.10. The second kappa shape index (κ2) is 7.64. The molecule has 0 aliphatic carbocycles. The summed E-state index contributed by atoms with van der Waals surface area (Å²) in [6.45, 7) is 11.1. The van der Waals surface area contributed by atoms with E-state index in [0.717, 1.165) is 5.92 Å². The highest BCUT2D eigenvalue weighted by atomic mass is 14.2. The van der Waals surface area contributed by atoms with E-state index in [-0.39, 0.29) is 0 Å². The Labute approximate surface area is 78.8 Å². The highest BCUT2D eigenvalue weighted by molar-refractivity contribution is 4.68. The van der Waals surface area contributed by atoms with E-state index in [0.29, 0.717) is 5.92 Å². The van der Waals surface area contributed by atoms with Crippen molar-refractivity contribution < 1.29 is 0 Å². The first-order chi connectivity index (χ1) is 5.72. The molecule has 1 radical (unpaired) electrons. The molecular weight excluding hydrogens is 144 g/mol. The summed E-state index contributed by atoms with van der Waals surface area (Å²) in [5.41, 5.74) is 0. The van der Waals surface area contributed by atoms with Crippen molar-refractivity contribution in [1.82, 2.24) is 0 Å². The number of unbranched alkanes of at least 4 members (excludes halogenated alkanes) is 2. The lowest BCUT2D eigenvalue weighted by Crippen LogP contribution is -2.07. The van der Waals surface area contributed by atoms with E-state index < -0.39 is 0 Å². The maximum Gasteiger partial charge on any atom is -0.0388 e. The van der Waals surface area contributed by atoms with Crippen LogP contribution in [-0.4, -0.2) is 0 Å². The Morgan fingerprint density at radius 1 is 1.00 bits per heavy atom. The summed E-state index contributed by atoms with van der Waals surface area (Å²) >= 11 is 0. The van der Waals surface area contributed by atoms with Gasteiger partial charge in [-0.3, -0.25) is 0 Å². The average Bonchev–Trinajstić information content (AvgIpc) is 2.10. The Morgan fingerprint density at radius 3 is 2.00 bits per heavy atom. The summed E-state index contributed by atoms with van der Waals surface area (Å²) in [4.78, 5) is 0. The molecule has 0 aromatic carbocycles. The van der Waals surface area contributed by atoms with Crippen LogP contribution in [0.4, 0.5) is 0 Å². The van der Waals surface area contributed by atoms with Crippen molar-refractivity contribution >= 4 is 0 Å². The van der Waals surface area contributed by atoms with Crippen LogP contribution in [0.25, 0.3) is 0 Å². The molecule has 0 rings (SSSR count). The van der Waals surface area contributed by atoms with Crippen molar-refractivity contribution in [2.45, 2.75) is 59.3 Å². The molecule has 0 spiro atoms. The van der Waals surface area contributed by atoms with Crippen LogP contribution < -0.4 is 0 Å². The lowest BCUT2D eigenvalue weighted by molar-refractivity contribution is 0.359. The number of hydrogen-bond donors (Lipinski definition) is 0. The van der Waals surface area contributed by atoms with Gasteiger partial charge in [0.15, 0.2) is 0 Å². The fourth-order valence-electron chi connectivity index (χ4n) is 1.51. The van der Waals surface area contributed by atoms with Gasteiger partial charge in [-0.25, -0.2) is 0 Å². The van der Waals surface area contributed by atoms with Crippen molar-refractivity contribution in [2.24, 2.45) is 11.8 Å². The molecule has 2 unspecified atom stereocenters. The van der Waals surface area contributed by atoms with Gasteiger partial charge in [-0.15, -0.1) is 0 Å². The Balaban J connectivity index is 3.39. The molecule has 0 amide bonds. The Morgan fingerprint density at radius 2 is 1.50 bits per heavy atom. The first kappa shape index (κ1) is 12.0. The van der Waals surface area contributed by atoms with Crippen molar-refractivity contribution in [3.8, 4) is 0 Å². The van der Waals surface area contributed by atoms with Crippen molar-refractivity contribution in [3.63, 3.8) is 0 Å². The lowest BCUT2D eigenvalue weighted by atomic mass is 9.87. The van der Waals surface area contributed by atoms with Gasteiger partial charge in [0.1, 0.15) is 0 Å². The van der Waals surface area contributed by atoms with Gasteiger partial charge in [-0.2, -0.15) is 0 Å². The summed E-state index contributed by atoms with van der Waals surface area (Å²) in [5.74, 6) is 1.52. The summed E-state index contributed by atoms with van der Waals surface area (Å²) < 4.78 is 0. The smallest absolute Gasteiger partial charge is 0.0388 e.